The first-order chi connectivity index (χ1) is 24.0. The van der Waals surface area contributed by atoms with Gasteiger partial charge in [-0.05, 0) is 107 Å². The van der Waals surface area contributed by atoms with Crippen LogP contribution in [-0.4, -0.2) is 11.3 Å². The van der Waals surface area contributed by atoms with Crippen molar-refractivity contribution in [1.82, 2.24) is 4.57 Å². The highest BCUT2D eigenvalue weighted by Gasteiger charge is 2.41. The first-order valence-electron chi connectivity index (χ1n) is 17.0. The summed E-state index contributed by atoms with van der Waals surface area (Å²) in [6.45, 7) is 6.46. The average molecular weight is 630 g/mol. The second-order valence-corrected chi connectivity index (χ2v) is 13.5. The summed E-state index contributed by atoms with van der Waals surface area (Å²) in [5.74, 6) is 3.60. The molecule has 10 rings (SSSR count). The van der Waals surface area contributed by atoms with Crippen LogP contribution >= 0.6 is 0 Å². The smallest absolute Gasteiger partial charge is 0.260 e. The molecule has 0 atom stereocenters. The van der Waals surface area contributed by atoms with E-state index in [0.717, 1.165) is 61.8 Å². The van der Waals surface area contributed by atoms with E-state index in [1.165, 1.54) is 44.0 Å². The Balaban J connectivity index is 1.18. The van der Waals surface area contributed by atoms with Gasteiger partial charge in [-0.15, -0.1) is 0 Å². The molecule has 0 spiro atoms. The van der Waals surface area contributed by atoms with Gasteiger partial charge in [-0.1, -0.05) is 103 Å². The molecule has 0 saturated heterocycles. The van der Waals surface area contributed by atoms with Gasteiger partial charge < -0.3 is 14.0 Å². The monoisotopic (exact) mass is 629 g/mol. The third kappa shape index (κ3) is 4.17. The van der Waals surface area contributed by atoms with Crippen molar-refractivity contribution in [3.63, 3.8) is 0 Å². The maximum atomic E-state index is 6.79. The van der Waals surface area contributed by atoms with Gasteiger partial charge in [0, 0.05) is 21.9 Å². The fourth-order valence-electron chi connectivity index (χ4n) is 8.16. The summed E-state index contributed by atoms with van der Waals surface area (Å²) >= 11 is 0. The molecule has 0 aliphatic carbocycles. The number of nitrogens with zero attached hydrogens (tertiary/aromatic N) is 1. The van der Waals surface area contributed by atoms with E-state index in [1.54, 1.807) is 0 Å². The molecule has 0 radical (unpaired) electrons. The zero-order valence-corrected chi connectivity index (χ0v) is 27.6. The summed E-state index contributed by atoms with van der Waals surface area (Å²) in [7, 11) is 0. The minimum Gasteiger partial charge on any atom is -0.458 e. The molecule has 3 nitrogen and oxygen atoms in total. The standard InChI is InChI=1S/C45H32BNO2/c1-27-11-8-14-32(23-27)47-39-20-7-6-17-35(39)36-22-21-30(24-40(36)47)33-15-4-5-16-34(33)31-25-41-43-42(26-31)49-45-29(3)13-10-19-38(45)46(43)37-18-9-12-28(2)44(37)48-41/h4-26H,1-3H3. The maximum Gasteiger partial charge on any atom is 0.260 e. The van der Waals surface area contributed by atoms with E-state index in [2.05, 4.69) is 165 Å². The maximum absolute atomic E-state index is 6.79. The Kier molecular flexibility index (Phi) is 6.01. The third-order valence-corrected chi connectivity index (χ3v) is 10.4. The van der Waals surface area contributed by atoms with Crippen LogP contribution in [0.4, 0.5) is 0 Å². The number of hydrogen-bond donors (Lipinski definition) is 0. The van der Waals surface area contributed by atoms with E-state index in [9.17, 15) is 0 Å². The first kappa shape index (κ1) is 28.1. The predicted octanol–water partition coefficient (Wildman–Crippen LogP) is 9.77. The van der Waals surface area contributed by atoms with Crippen LogP contribution in [0.5, 0.6) is 23.0 Å². The van der Waals surface area contributed by atoms with Crippen LogP contribution in [-0.2, 0) is 0 Å². The lowest BCUT2D eigenvalue weighted by Gasteiger charge is -2.34. The molecule has 1 aromatic heterocycles. The quantitative estimate of drug-likeness (QED) is 0.182. The molecule has 0 fully saturated rings. The number of benzene rings is 7. The molecule has 0 saturated carbocycles. The molecule has 0 N–H and O–H groups in total. The Morgan fingerprint density at radius 1 is 0.490 bits per heavy atom. The predicted molar refractivity (Wildman–Crippen MR) is 204 cm³/mol. The first-order valence-corrected chi connectivity index (χ1v) is 17.0. The molecule has 7 aromatic carbocycles. The molecule has 2 aliphatic heterocycles. The van der Waals surface area contributed by atoms with Crippen LogP contribution in [0.15, 0.2) is 140 Å². The molecule has 49 heavy (non-hydrogen) atoms. The van der Waals surface area contributed by atoms with Gasteiger partial charge in [0.15, 0.2) is 0 Å². The van der Waals surface area contributed by atoms with Crippen LogP contribution < -0.4 is 25.9 Å². The van der Waals surface area contributed by atoms with Crippen molar-refractivity contribution < 1.29 is 9.47 Å². The van der Waals surface area contributed by atoms with Gasteiger partial charge in [-0.3, -0.25) is 0 Å². The number of ether oxygens (including phenoxy) is 2. The normalized spacial score (nSPS) is 12.7. The number of hydrogen-bond acceptors (Lipinski definition) is 2. The molecule has 0 amide bonds. The van der Waals surface area contributed by atoms with E-state index < -0.39 is 0 Å². The molecule has 232 valence electrons. The zero-order valence-electron chi connectivity index (χ0n) is 27.6. The third-order valence-electron chi connectivity index (χ3n) is 10.4. The van der Waals surface area contributed by atoms with E-state index >= 15 is 0 Å². The highest BCUT2D eigenvalue weighted by Crippen LogP contribution is 2.43. The van der Waals surface area contributed by atoms with Crippen LogP contribution in [0, 0.1) is 20.8 Å². The molecule has 2 aliphatic rings. The van der Waals surface area contributed by atoms with Gasteiger partial charge >= 0.3 is 0 Å². The second-order valence-electron chi connectivity index (χ2n) is 13.5. The largest absolute Gasteiger partial charge is 0.458 e. The Hall–Kier alpha value is -6.00. The van der Waals surface area contributed by atoms with Gasteiger partial charge in [-0.25, -0.2) is 0 Å². The van der Waals surface area contributed by atoms with Crippen LogP contribution in [0.3, 0.4) is 0 Å². The summed E-state index contributed by atoms with van der Waals surface area (Å²) < 4.78 is 16.0. The van der Waals surface area contributed by atoms with Crippen LogP contribution in [0.2, 0.25) is 0 Å². The minimum absolute atomic E-state index is 0.0487. The number of para-hydroxylation sites is 3. The van der Waals surface area contributed by atoms with Crippen LogP contribution in [0.25, 0.3) is 49.7 Å². The Bertz CT molecular complexity index is 2590. The lowest BCUT2D eigenvalue weighted by molar-refractivity contribution is 0.461. The van der Waals surface area contributed by atoms with Crippen molar-refractivity contribution in [1.29, 1.82) is 0 Å². The highest BCUT2D eigenvalue weighted by atomic mass is 16.5. The topological polar surface area (TPSA) is 23.4 Å². The zero-order chi connectivity index (χ0) is 32.8. The summed E-state index contributed by atoms with van der Waals surface area (Å²) in [6, 6.07) is 50.4. The van der Waals surface area contributed by atoms with Crippen molar-refractivity contribution >= 4 is 44.9 Å². The lowest BCUT2D eigenvalue weighted by atomic mass is 9.34. The van der Waals surface area contributed by atoms with Crippen molar-refractivity contribution in [3.05, 3.63) is 156 Å². The van der Waals surface area contributed by atoms with Crippen molar-refractivity contribution in [3.8, 4) is 50.9 Å². The van der Waals surface area contributed by atoms with Crippen molar-refractivity contribution in [2.45, 2.75) is 20.8 Å². The fraction of sp³-hybridized carbons (Fsp3) is 0.0667. The van der Waals surface area contributed by atoms with E-state index in [-0.39, 0.29) is 6.71 Å². The molecule has 0 bridgehead atoms. The number of rotatable bonds is 3. The highest BCUT2D eigenvalue weighted by molar-refractivity contribution is 6.98. The summed E-state index contributed by atoms with van der Waals surface area (Å²) in [6.07, 6.45) is 0. The molecule has 4 heteroatoms. The lowest BCUT2D eigenvalue weighted by Crippen LogP contribution is -2.57. The van der Waals surface area contributed by atoms with Gasteiger partial charge in [0.2, 0.25) is 0 Å². The summed E-state index contributed by atoms with van der Waals surface area (Å²) in [4.78, 5) is 0. The number of fused-ring (bicyclic) bond motifs is 7. The number of aromatic nitrogens is 1. The minimum atomic E-state index is 0.0487. The van der Waals surface area contributed by atoms with E-state index in [0.29, 0.717) is 0 Å². The second kappa shape index (κ2) is 10.5. The molecule has 3 heterocycles. The van der Waals surface area contributed by atoms with Gasteiger partial charge in [0.1, 0.15) is 23.0 Å². The summed E-state index contributed by atoms with van der Waals surface area (Å²) in [5.41, 5.74) is 15.1. The van der Waals surface area contributed by atoms with E-state index in [4.69, 9.17) is 9.47 Å². The van der Waals surface area contributed by atoms with Crippen LogP contribution in [0.1, 0.15) is 16.7 Å². The molecule has 0 unspecified atom stereocenters. The van der Waals surface area contributed by atoms with Gasteiger partial charge in [0.05, 0.1) is 11.0 Å². The average Bonchev–Trinajstić information content (AvgIpc) is 3.46. The molecular weight excluding hydrogens is 597 g/mol. The summed E-state index contributed by atoms with van der Waals surface area (Å²) in [5, 5.41) is 2.50. The van der Waals surface area contributed by atoms with E-state index in [1.807, 2.05) is 0 Å². The Labute approximate surface area is 286 Å². The number of aryl methyl sites for hydroxylation is 3. The van der Waals surface area contributed by atoms with Crippen molar-refractivity contribution in [2.75, 3.05) is 0 Å². The molecular formula is C45H32BNO2. The Morgan fingerprint density at radius 3 is 1.80 bits per heavy atom. The Morgan fingerprint density at radius 2 is 1.10 bits per heavy atom. The molecule has 8 aromatic rings. The van der Waals surface area contributed by atoms with Crippen molar-refractivity contribution in [2.24, 2.45) is 0 Å². The van der Waals surface area contributed by atoms with Gasteiger partial charge in [0.25, 0.3) is 6.71 Å². The van der Waals surface area contributed by atoms with Gasteiger partial charge in [-0.2, -0.15) is 0 Å². The fourth-order valence-corrected chi connectivity index (χ4v) is 8.16. The SMILES string of the molecule is Cc1cccc(-n2c3ccccc3c3ccc(-c4ccccc4-c4cc5c6c(c4)Oc4c(C)cccc4B6c4cccc(C)c4O5)cc32)c1.